The molecule has 0 radical (unpaired) electrons. The minimum Gasteiger partial charge on any atom is -0.508 e. The Morgan fingerprint density at radius 1 is 0.940 bits per heavy atom. The maximum atomic E-state index is 14.4. The van der Waals surface area contributed by atoms with E-state index in [-0.39, 0.29) is 30.4 Å². The smallest absolute Gasteiger partial charge is 0.414 e. The second kappa shape index (κ2) is 16.2. The van der Waals surface area contributed by atoms with Gasteiger partial charge in [-0.2, -0.15) is 0 Å². The fourth-order valence-corrected chi connectivity index (χ4v) is 6.62. The number of rotatable bonds is 4. The van der Waals surface area contributed by atoms with E-state index in [1.165, 1.54) is 38.1 Å². The summed E-state index contributed by atoms with van der Waals surface area (Å²) in [4.78, 5) is 68.9. The zero-order valence-electron chi connectivity index (χ0n) is 29.6. The van der Waals surface area contributed by atoms with Gasteiger partial charge in [0.25, 0.3) is 0 Å². The van der Waals surface area contributed by atoms with Gasteiger partial charge in [0.05, 0.1) is 24.3 Å². The molecule has 50 heavy (non-hydrogen) atoms. The zero-order chi connectivity index (χ0) is 36.7. The molecule has 2 unspecified atom stereocenters. The van der Waals surface area contributed by atoms with E-state index < -0.39 is 59.8 Å². The average Bonchev–Trinajstić information content (AvgIpc) is 3.05. The lowest BCUT2D eigenvalue weighted by Crippen LogP contribution is -2.57. The van der Waals surface area contributed by atoms with Crippen molar-refractivity contribution >= 4 is 35.5 Å². The number of amides is 4. The largest absolute Gasteiger partial charge is 0.508 e. The predicted octanol–water partition coefficient (Wildman–Crippen LogP) is 4.67. The number of methoxy groups -OCH3 is 1. The Morgan fingerprint density at radius 2 is 1.62 bits per heavy atom. The van der Waals surface area contributed by atoms with Crippen LogP contribution < -0.4 is 16.0 Å². The van der Waals surface area contributed by atoms with Crippen LogP contribution in [-0.4, -0.2) is 72.1 Å². The van der Waals surface area contributed by atoms with Crippen molar-refractivity contribution in [3.05, 3.63) is 71.3 Å². The van der Waals surface area contributed by atoms with Crippen molar-refractivity contribution in [3.63, 3.8) is 0 Å². The van der Waals surface area contributed by atoms with E-state index in [0.717, 1.165) is 5.57 Å². The SMILES string of the molecule is COC1(CC2C(=O)N[C@@H](c3ccc(O)cc3)CC(=O)O[C@@H](C)C[C@@H](C)/C=C(\C)C[C@H](C)C(=O)N[C@@H](C)C(=O)N2C)OC(=O)Nc2ccccc21. The Kier molecular flexibility index (Phi) is 12.3. The summed E-state index contributed by atoms with van der Waals surface area (Å²) in [5, 5.41) is 18.3. The highest BCUT2D eigenvalue weighted by atomic mass is 16.7. The van der Waals surface area contributed by atoms with Gasteiger partial charge in [-0.1, -0.05) is 55.8 Å². The van der Waals surface area contributed by atoms with Crippen LogP contribution in [0.25, 0.3) is 0 Å². The van der Waals surface area contributed by atoms with Crippen LogP contribution in [0.3, 0.4) is 0 Å². The number of carbonyl (C=O) groups excluding carboxylic acids is 5. The Balaban J connectivity index is 1.78. The fourth-order valence-electron chi connectivity index (χ4n) is 6.62. The molecule has 2 aromatic carbocycles. The second-order valence-electron chi connectivity index (χ2n) is 13.4. The van der Waals surface area contributed by atoms with Gasteiger partial charge in [-0.15, -0.1) is 0 Å². The minimum absolute atomic E-state index is 0.00768. The van der Waals surface area contributed by atoms with Crippen LogP contribution in [-0.2, 0) is 39.2 Å². The molecule has 0 saturated carbocycles. The number of phenolic OH excluding ortho intramolecular Hbond substituents is 1. The lowest BCUT2D eigenvalue weighted by atomic mass is 9.93. The first kappa shape index (κ1) is 37.9. The third-order valence-corrected chi connectivity index (χ3v) is 9.13. The van der Waals surface area contributed by atoms with E-state index in [2.05, 4.69) is 16.0 Å². The first-order valence-electron chi connectivity index (χ1n) is 16.8. The molecule has 4 amide bonds. The number of aromatic hydroxyl groups is 1. The number of benzene rings is 2. The molecular weight excluding hydrogens is 644 g/mol. The van der Waals surface area contributed by atoms with Gasteiger partial charge in [-0.05, 0) is 63.3 Å². The molecule has 0 saturated heterocycles. The van der Waals surface area contributed by atoms with E-state index in [4.69, 9.17) is 14.2 Å². The zero-order valence-corrected chi connectivity index (χ0v) is 29.6. The summed E-state index contributed by atoms with van der Waals surface area (Å²) in [6.45, 7) is 9.04. The predicted molar refractivity (Wildman–Crippen MR) is 184 cm³/mol. The average molecular weight is 693 g/mol. The number of hydrogen-bond donors (Lipinski definition) is 4. The Bertz CT molecular complexity index is 1610. The number of cyclic esters (lactones) is 2. The van der Waals surface area contributed by atoms with E-state index >= 15 is 0 Å². The van der Waals surface area contributed by atoms with Crippen LogP contribution in [0.1, 0.15) is 77.5 Å². The van der Waals surface area contributed by atoms with Gasteiger partial charge in [0.15, 0.2) is 0 Å². The summed E-state index contributed by atoms with van der Waals surface area (Å²) in [6, 6.07) is 9.49. The van der Waals surface area contributed by atoms with Crippen LogP contribution in [0.2, 0.25) is 0 Å². The lowest BCUT2D eigenvalue weighted by Gasteiger charge is -2.41. The summed E-state index contributed by atoms with van der Waals surface area (Å²) in [7, 11) is 2.75. The number of likely N-dealkylation sites (N-methyl/N-ethyl adjacent to an activating group) is 1. The summed E-state index contributed by atoms with van der Waals surface area (Å²) in [5.41, 5.74) is 2.31. The first-order valence-corrected chi connectivity index (χ1v) is 16.8. The van der Waals surface area contributed by atoms with Gasteiger partial charge < -0.3 is 34.9 Å². The number of phenols is 1. The topological polar surface area (TPSA) is 173 Å². The van der Waals surface area contributed by atoms with Gasteiger partial charge in [-0.25, -0.2) is 4.79 Å². The summed E-state index contributed by atoms with van der Waals surface area (Å²) in [5.74, 6) is -4.39. The van der Waals surface area contributed by atoms with Crippen molar-refractivity contribution < 1.29 is 43.3 Å². The number of hydrogen-bond acceptors (Lipinski definition) is 9. The number of allylic oxidation sites excluding steroid dienone is 2. The van der Waals surface area contributed by atoms with E-state index in [1.807, 2.05) is 19.9 Å². The van der Waals surface area contributed by atoms with Crippen molar-refractivity contribution in [1.82, 2.24) is 15.5 Å². The first-order chi connectivity index (χ1) is 23.6. The normalized spacial score (nSPS) is 30.1. The Labute approximate surface area is 292 Å². The molecule has 2 aromatic rings. The monoisotopic (exact) mass is 692 g/mol. The number of fused-ring (bicyclic) bond motifs is 1. The summed E-state index contributed by atoms with van der Waals surface area (Å²) < 4.78 is 17.3. The molecule has 13 nitrogen and oxygen atoms in total. The van der Waals surface area contributed by atoms with Crippen LogP contribution in [0, 0.1) is 11.8 Å². The summed E-state index contributed by atoms with van der Waals surface area (Å²) in [6.07, 6.45) is 1.17. The van der Waals surface area contributed by atoms with Gasteiger partial charge >= 0.3 is 12.1 Å². The molecule has 0 spiro atoms. The molecule has 0 aromatic heterocycles. The molecule has 2 aliphatic rings. The van der Waals surface area contributed by atoms with Crippen LogP contribution >= 0.6 is 0 Å². The number of anilines is 1. The standard InChI is InChI=1S/C37H48N4O9/c1-21-16-22(2)18-24(4)49-32(43)19-30(26-12-14-27(42)15-13-26)39-34(45)31(41(6)35(46)25(5)38-33(44)23(3)17-21)20-37(48-7)28-10-8-9-11-29(28)40-36(47)50-37/h8-16,22-25,30-31,42H,17-20H2,1-7H3,(H,38,44)(H,39,45)(H,40,47)/b21-16+/t22-,23-,24-,25-,30+,31?,37?/m0/s1. The molecule has 0 fully saturated rings. The van der Waals surface area contributed by atoms with E-state index in [0.29, 0.717) is 29.7 Å². The number of para-hydroxylation sites is 1. The molecule has 270 valence electrons. The molecule has 0 bridgehead atoms. The third-order valence-electron chi connectivity index (χ3n) is 9.13. The van der Waals surface area contributed by atoms with Crippen molar-refractivity contribution in [3.8, 4) is 5.75 Å². The summed E-state index contributed by atoms with van der Waals surface area (Å²) >= 11 is 0. The highest BCUT2D eigenvalue weighted by molar-refractivity contribution is 5.93. The number of carbonyl (C=O) groups is 5. The molecule has 4 N–H and O–H groups in total. The van der Waals surface area contributed by atoms with Gasteiger partial charge in [0.1, 0.15) is 17.8 Å². The number of nitrogens with zero attached hydrogens (tertiary/aromatic N) is 1. The Hall–Kier alpha value is -4.91. The minimum atomic E-state index is -1.80. The molecule has 4 rings (SSSR count). The quantitative estimate of drug-likeness (QED) is 0.263. The van der Waals surface area contributed by atoms with Gasteiger partial charge in [-0.3, -0.25) is 24.5 Å². The van der Waals surface area contributed by atoms with Gasteiger partial charge in [0.2, 0.25) is 23.5 Å². The molecule has 2 heterocycles. The van der Waals surface area contributed by atoms with Crippen LogP contribution in [0.4, 0.5) is 10.5 Å². The molecule has 13 heteroatoms. The maximum absolute atomic E-state index is 14.4. The van der Waals surface area contributed by atoms with Crippen molar-refractivity contribution in [2.75, 3.05) is 19.5 Å². The highest BCUT2D eigenvalue weighted by Gasteiger charge is 2.48. The van der Waals surface area contributed by atoms with Crippen molar-refractivity contribution in [2.24, 2.45) is 11.8 Å². The molecule has 7 atom stereocenters. The number of ether oxygens (including phenoxy) is 3. The molecule has 2 aliphatic heterocycles. The Morgan fingerprint density at radius 3 is 2.30 bits per heavy atom. The number of esters is 1. The molecular formula is C37H48N4O9. The maximum Gasteiger partial charge on any atom is 0.414 e. The highest BCUT2D eigenvalue weighted by Crippen LogP contribution is 2.41. The van der Waals surface area contributed by atoms with E-state index in [1.54, 1.807) is 50.2 Å². The number of nitrogens with one attached hydrogen (secondary N) is 3. The lowest BCUT2D eigenvalue weighted by molar-refractivity contribution is -0.206. The fraction of sp³-hybridized carbons (Fsp3) is 0.486. The van der Waals surface area contributed by atoms with Crippen molar-refractivity contribution in [2.45, 2.75) is 90.3 Å². The van der Waals surface area contributed by atoms with Crippen LogP contribution in [0.5, 0.6) is 5.75 Å². The third kappa shape index (κ3) is 9.20. The van der Waals surface area contributed by atoms with Crippen LogP contribution in [0.15, 0.2) is 60.2 Å². The second-order valence-corrected chi connectivity index (χ2v) is 13.4. The van der Waals surface area contributed by atoms with Crippen molar-refractivity contribution in [1.29, 1.82) is 0 Å². The van der Waals surface area contributed by atoms with Gasteiger partial charge in [0, 0.05) is 32.1 Å². The van der Waals surface area contributed by atoms with E-state index in [9.17, 15) is 29.1 Å². The molecule has 0 aliphatic carbocycles.